The molecule has 1 aromatic carbocycles. The molecule has 8 nitrogen and oxygen atoms in total. The molecule has 0 spiro atoms. The van der Waals surface area contributed by atoms with Gasteiger partial charge in [0.25, 0.3) is 5.69 Å². The van der Waals surface area contributed by atoms with Crippen LogP contribution in [0.4, 0.5) is 17.1 Å². The minimum atomic E-state index is -0.665. The Labute approximate surface area is 119 Å². The molecule has 0 bridgehead atoms. The molecular formula is C13H12N4O4. The summed E-state index contributed by atoms with van der Waals surface area (Å²) in [6, 6.07) is 3.45. The molecule has 8 heteroatoms. The molecule has 0 radical (unpaired) electrons. The van der Waals surface area contributed by atoms with Crippen LogP contribution in [0.1, 0.15) is 12.8 Å². The van der Waals surface area contributed by atoms with Crippen molar-refractivity contribution in [1.82, 2.24) is 0 Å². The highest BCUT2D eigenvalue weighted by Crippen LogP contribution is 2.41. The summed E-state index contributed by atoms with van der Waals surface area (Å²) < 4.78 is 0. The summed E-state index contributed by atoms with van der Waals surface area (Å²) in [6.07, 6.45) is 6.24. The maximum atomic E-state index is 11.0. The topological polar surface area (TPSA) is 111 Å². The summed E-state index contributed by atoms with van der Waals surface area (Å²) in [6.45, 7) is 0. The van der Waals surface area contributed by atoms with Crippen molar-refractivity contribution in [2.45, 2.75) is 12.8 Å². The number of fused-ring (bicyclic) bond motifs is 1. The Morgan fingerprint density at radius 1 is 1.19 bits per heavy atom. The molecule has 2 atom stereocenters. The van der Waals surface area contributed by atoms with Crippen LogP contribution in [0, 0.1) is 32.1 Å². The number of nitro benzene ring substituents is 2. The first-order valence-electron chi connectivity index (χ1n) is 6.51. The van der Waals surface area contributed by atoms with Gasteiger partial charge in [-0.1, -0.05) is 6.08 Å². The van der Waals surface area contributed by atoms with Crippen LogP contribution in [-0.2, 0) is 0 Å². The zero-order chi connectivity index (χ0) is 15.0. The van der Waals surface area contributed by atoms with Gasteiger partial charge in [-0.25, -0.2) is 0 Å². The first kappa shape index (κ1) is 13.2. The second-order valence-corrected chi connectivity index (χ2v) is 5.07. The summed E-state index contributed by atoms with van der Waals surface area (Å²) in [5.74, 6) is 0.937. The van der Waals surface area contributed by atoms with Crippen molar-refractivity contribution in [3.63, 3.8) is 0 Å². The highest BCUT2D eigenvalue weighted by Gasteiger charge is 2.36. The van der Waals surface area contributed by atoms with E-state index in [1.165, 1.54) is 12.1 Å². The zero-order valence-corrected chi connectivity index (χ0v) is 10.9. The summed E-state index contributed by atoms with van der Waals surface area (Å²) in [4.78, 5) is 20.3. The first-order chi connectivity index (χ1) is 10.1. The van der Waals surface area contributed by atoms with Crippen LogP contribution in [0.15, 0.2) is 35.5 Å². The molecule has 0 heterocycles. The predicted molar refractivity (Wildman–Crippen MR) is 76.2 cm³/mol. The van der Waals surface area contributed by atoms with Crippen molar-refractivity contribution >= 4 is 22.8 Å². The number of nitrogens with one attached hydrogen (secondary N) is 1. The van der Waals surface area contributed by atoms with Crippen LogP contribution in [-0.4, -0.2) is 15.6 Å². The van der Waals surface area contributed by atoms with Gasteiger partial charge in [-0.2, -0.15) is 5.10 Å². The summed E-state index contributed by atoms with van der Waals surface area (Å²) in [5, 5.41) is 25.9. The monoisotopic (exact) mass is 288 g/mol. The van der Waals surface area contributed by atoms with E-state index in [1.807, 2.05) is 6.08 Å². The summed E-state index contributed by atoms with van der Waals surface area (Å²) in [7, 11) is 0. The van der Waals surface area contributed by atoms with Gasteiger partial charge in [-0.3, -0.25) is 25.7 Å². The Hall–Kier alpha value is -2.77. The number of anilines is 1. The SMILES string of the molecule is O=[N+]([O-])c1ccc(N/N=C2\C=C[C@@H]3CC[C@H]23)c([N+](=O)[O-])c1. The van der Waals surface area contributed by atoms with E-state index in [0.29, 0.717) is 11.8 Å². The van der Waals surface area contributed by atoms with E-state index in [0.717, 1.165) is 24.6 Å². The number of rotatable bonds is 4. The predicted octanol–water partition coefficient (Wildman–Crippen LogP) is 2.87. The molecule has 1 fully saturated rings. The lowest BCUT2D eigenvalue weighted by Crippen LogP contribution is -2.26. The number of benzene rings is 1. The maximum Gasteiger partial charge on any atom is 0.301 e. The molecule has 2 aliphatic rings. The average molecular weight is 288 g/mol. The van der Waals surface area contributed by atoms with Crippen molar-refractivity contribution in [3.8, 4) is 0 Å². The molecule has 0 unspecified atom stereocenters. The van der Waals surface area contributed by atoms with Gasteiger partial charge in [0.1, 0.15) is 5.69 Å². The van der Waals surface area contributed by atoms with Crippen molar-refractivity contribution in [1.29, 1.82) is 0 Å². The van der Waals surface area contributed by atoms with Crippen molar-refractivity contribution < 1.29 is 9.85 Å². The molecule has 0 saturated heterocycles. The van der Waals surface area contributed by atoms with Gasteiger partial charge in [0.15, 0.2) is 0 Å². The molecule has 0 amide bonds. The quantitative estimate of drug-likeness (QED) is 0.676. The number of allylic oxidation sites excluding steroid dienone is 2. The van der Waals surface area contributed by atoms with Crippen LogP contribution in [0.3, 0.4) is 0 Å². The minimum Gasteiger partial charge on any atom is -0.271 e. The number of nitro groups is 2. The first-order valence-corrected chi connectivity index (χ1v) is 6.51. The fourth-order valence-electron chi connectivity index (χ4n) is 2.59. The van der Waals surface area contributed by atoms with E-state index in [1.54, 1.807) is 0 Å². The molecule has 108 valence electrons. The van der Waals surface area contributed by atoms with Crippen LogP contribution in [0.5, 0.6) is 0 Å². The summed E-state index contributed by atoms with van der Waals surface area (Å²) >= 11 is 0. The number of hydrogen-bond donors (Lipinski definition) is 1. The van der Waals surface area contributed by atoms with E-state index < -0.39 is 9.85 Å². The maximum absolute atomic E-state index is 11.0. The Kier molecular flexibility index (Phi) is 3.13. The number of hydrogen-bond acceptors (Lipinski definition) is 6. The lowest BCUT2D eigenvalue weighted by Gasteiger charge is -2.29. The van der Waals surface area contributed by atoms with Crippen LogP contribution >= 0.6 is 0 Å². The highest BCUT2D eigenvalue weighted by molar-refractivity contribution is 6.00. The lowest BCUT2D eigenvalue weighted by atomic mass is 9.75. The Bertz CT molecular complexity index is 683. The van der Waals surface area contributed by atoms with Gasteiger partial charge in [-0.05, 0) is 30.9 Å². The van der Waals surface area contributed by atoms with Gasteiger partial charge in [0, 0.05) is 12.0 Å². The Balaban J connectivity index is 1.85. The third kappa shape index (κ3) is 2.35. The molecule has 2 aliphatic carbocycles. The van der Waals surface area contributed by atoms with Gasteiger partial charge in [-0.15, -0.1) is 0 Å². The van der Waals surface area contributed by atoms with E-state index in [9.17, 15) is 20.2 Å². The smallest absolute Gasteiger partial charge is 0.271 e. The lowest BCUT2D eigenvalue weighted by molar-refractivity contribution is -0.393. The highest BCUT2D eigenvalue weighted by atomic mass is 16.6. The van der Waals surface area contributed by atoms with Crippen molar-refractivity contribution in [2.75, 3.05) is 5.43 Å². The molecule has 0 aliphatic heterocycles. The van der Waals surface area contributed by atoms with Gasteiger partial charge >= 0.3 is 5.69 Å². The summed E-state index contributed by atoms with van der Waals surface area (Å²) in [5.41, 5.74) is 3.00. The Morgan fingerprint density at radius 3 is 2.57 bits per heavy atom. The van der Waals surface area contributed by atoms with Crippen LogP contribution in [0.25, 0.3) is 0 Å². The third-order valence-corrected chi connectivity index (χ3v) is 3.92. The fraction of sp³-hybridized carbons (Fsp3) is 0.308. The van der Waals surface area contributed by atoms with E-state index >= 15 is 0 Å². The largest absolute Gasteiger partial charge is 0.301 e. The number of hydrazone groups is 1. The second kappa shape index (κ2) is 4.97. The average Bonchev–Trinajstić information content (AvgIpc) is 2.70. The Morgan fingerprint density at radius 2 is 2.00 bits per heavy atom. The molecular weight excluding hydrogens is 276 g/mol. The van der Waals surface area contributed by atoms with Crippen LogP contribution < -0.4 is 5.43 Å². The van der Waals surface area contributed by atoms with E-state index in [-0.39, 0.29) is 17.1 Å². The van der Waals surface area contributed by atoms with Gasteiger partial charge < -0.3 is 0 Å². The number of nitrogens with zero attached hydrogens (tertiary/aromatic N) is 3. The van der Waals surface area contributed by atoms with E-state index in [4.69, 9.17) is 0 Å². The van der Waals surface area contributed by atoms with Crippen LogP contribution in [0.2, 0.25) is 0 Å². The third-order valence-electron chi connectivity index (χ3n) is 3.92. The normalized spacial score (nSPS) is 24.5. The molecule has 0 aromatic heterocycles. The van der Waals surface area contributed by atoms with Gasteiger partial charge in [0.05, 0.1) is 21.6 Å². The van der Waals surface area contributed by atoms with Gasteiger partial charge in [0.2, 0.25) is 0 Å². The molecule has 1 saturated carbocycles. The molecule has 21 heavy (non-hydrogen) atoms. The minimum absolute atomic E-state index is 0.147. The number of non-ortho nitro benzene ring substituents is 1. The molecule has 3 rings (SSSR count). The second-order valence-electron chi connectivity index (χ2n) is 5.07. The van der Waals surface area contributed by atoms with E-state index in [2.05, 4.69) is 16.6 Å². The molecule has 1 aromatic rings. The fourth-order valence-corrected chi connectivity index (χ4v) is 2.59. The van der Waals surface area contributed by atoms with Crippen molar-refractivity contribution in [2.24, 2.45) is 16.9 Å². The standard InChI is InChI=1S/C13H12N4O4/c18-16(19)9-3-6-12(13(7-9)17(20)21)15-14-11-5-2-8-1-4-10(8)11/h2-3,5-8,10,15H,1,4H2/b14-11+/t8-,10-/m0/s1. The zero-order valence-electron chi connectivity index (χ0n) is 10.9. The molecule has 1 N–H and O–H groups in total. The van der Waals surface area contributed by atoms with Crippen molar-refractivity contribution in [3.05, 3.63) is 50.6 Å².